The molecule has 0 unspecified atom stereocenters. The van der Waals surface area contributed by atoms with Gasteiger partial charge in [-0.25, -0.2) is 4.39 Å². The van der Waals surface area contributed by atoms with Gasteiger partial charge in [-0.2, -0.15) is 22.0 Å². The Labute approximate surface area is 140 Å². The third-order valence-corrected chi connectivity index (χ3v) is 3.12. The molecular formula is C17H14F6O2. The van der Waals surface area contributed by atoms with E-state index in [9.17, 15) is 26.3 Å². The molecule has 0 saturated heterocycles. The van der Waals surface area contributed by atoms with Crippen LogP contribution in [0.15, 0.2) is 48.5 Å². The Morgan fingerprint density at radius 3 is 2.16 bits per heavy atom. The van der Waals surface area contributed by atoms with E-state index in [1.165, 1.54) is 12.1 Å². The molecule has 0 aliphatic carbocycles. The second-order valence-electron chi connectivity index (χ2n) is 5.14. The first-order chi connectivity index (χ1) is 11.7. The van der Waals surface area contributed by atoms with Gasteiger partial charge in [0.05, 0.1) is 12.2 Å². The fourth-order valence-electron chi connectivity index (χ4n) is 1.96. The summed E-state index contributed by atoms with van der Waals surface area (Å²) in [6.07, 6.45) is -9.38. The Morgan fingerprint density at radius 2 is 1.56 bits per heavy atom. The highest BCUT2D eigenvalue weighted by Crippen LogP contribution is 2.33. The molecule has 8 heteroatoms. The Hall–Kier alpha value is -2.38. The second-order valence-corrected chi connectivity index (χ2v) is 5.14. The summed E-state index contributed by atoms with van der Waals surface area (Å²) in [7, 11) is 0. The van der Waals surface area contributed by atoms with Gasteiger partial charge in [0.15, 0.2) is 11.6 Å². The monoisotopic (exact) mass is 364 g/mol. The first kappa shape index (κ1) is 19.0. The van der Waals surface area contributed by atoms with E-state index in [-0.39, 0.29) is 18.8 Å². The van der Waals surface area contributed by atoms with Crippen molar-refractivity contribution in [2.45, 2.75) is 25.1 Å². The number of ether oxygens (including phenoxy) is 2. The molecule has 0 saturated carbocycles. The van der Waals surface area contributed by atoms with Crippen LogP contribution in [0.4, 0.5) is 26.3 Å². The first-order valence-corrected chi connectivity index (χ1v) is 7.29. The molecule has 0 aromatic heterocycles. The van der Waals surface area contributed by atoms with Crippen molar-refractivity contribution in [2.75, 3.05) is 6.61 Å². The van der Waals surface area contributed by atoms with Crippen LogP contribution in [0, 0.1) is 5.82 Å². The molecule has 0 radical (unpaired) electrons. The Kier molecular flexibility index (Phi) is 5.81. The number of benzene rings is 2. The van der Waals surface area contributed by atoms with Crippen LogP contribution in [-0.2, 0) is 6.11 Å². The molecule has 0 N–H and O–H groups in total. The molecular weight excluding hydrogens is 350 g/mol. The van der Waals surface area contributed by atoms with Crippen molar-refractivity contribution in [3.63, 3.8) is 0 Å². The average Bonchev–Trinajstić information content (AvgIpc) is 2.53. The van der Waals surface area contributed by atoms with E-state index in [2.05, 4.69) is 4.74 Å². The summed E-state index contributed by atoms with van der Waals surface area (Å²) in [6, 6.07) is 9.47. The lowest BCUT2D eigenvalue weighted by molar-refractivity contribution is -0.185. The van der Waals surface area contributed by atoms with Gasteiger partial charge < -0.3 is 9.47 Å². The largest absolute Gasteiger partial charge is 0.491 e. The highest BCUT2D eigenvalue weighted by molar-refractivity contribution is 5.34. The maximum atomic E-state index is 14.0. The summed E-state index contributed by atoms with van der Waals surface area (Å²) >= 11 is 0. The number of halogens is 6. The minimum Gasteiger partial charge on any atom is -0.491 e. The smallest absolute Gasteiger partial charge is 0.426 e. The lowest BCUT2D eigenvalue weighted by Gasteiger charge is -2.18. The van der Waals surface area contributed by atoms with Gasteiger partial charge in [-0.05, 0) is 30.7 Å². The predicted molar refractivity (Wildman–Crippen MR) is 78.1 cm³/mol. The number of rotatable bonds is 7. The van der Waals surface area contributed by atoms with Gasteiger partial charge >= 0.3 is 12.3 Å². The van der Waals surface area contributed by atoms with Crippen molar-refractivity contribution >= 4 is 0 Å². The molecule has 0 heterocycles. The molecule has 0 bridgehead atoms. The van der Waals surface area contributed by atoms with Crippen molar-refractivity contribution in [2.24, 2.45) is 0 Å². The van der Waals surface area contributed by atoms with E-state index in [4.69, 9.17) is 4.74 Å². The summed E-state index contributed by atoms with van der Waals surface area (Å²) in [5, 5.41) is 0. The zero-order chi connectivity index (χ0) is 18.5. The predicted octanol–water partition coefficient (Wildman–Crippen LogP) is 5.68. The van der Waals surface area contributed by atoms with Gasteiger partial charge in [-0.15, -0.1) is 0 Å². The second kappa shape index (κ2) is 7.67. The minimum atomic E-state index is -4.32. The zero-order valence-electron chi connectivity index (χ0n) is 12.8. The van der Waals surface area contributed by atoms with Crippen molar-refractivity contribution in [3.05, 3.63) is 59.9 Å². The molecule has 2 nitrogen and oxygen atoms in total. The lowest BCUT2D eigenvalue weighted by Crippen LogP contribution is -2.21. The van der Waals surface area contributed by atoms with Crippen LogP contribution in [0.1, 0.15) is 18.4 Å². The molecule has 25 heavy (non-hydrogen) atoms. The SMILES string of the molecule is Fc1cc(OC(F)(F)c2ccccc2)ccc1OCCCC(F)(F)F. The van der Waals surface area contributed by atoms with Crippen molar-refractivity contribution in [1.82, 2.24) is 0 Å². The van der Waals surface area contributed by atoms with Crippen molar-refractivity contribution in [1.29, 1.82) is 0 Å². The minimum absolute atomic E-state index is 0.336. The van der Waals surface area contributed by atoms with Crippen LogP contribution in [-0.4, -0.2) is 12.8 Å². The third kappa shape index (κ3) is 5.88. The van der Waals surface area contributed by atoms with E-state index in [1.807, 2.05) is 0 Å². The van der Waals surface area contributed by atoms with E-state index in [0.29, 0.717) is 6.07 Å². The first-order valence-electron chi connectivity index (χ1n) is 7.29. The molecule has 2 rings (SSSR count). The summed E-state index contributed by atoms with van der Waals surface area (Å²) < 4.78 is 87.1. The average molecular weight is 364 g/mol. The van der Waals surface area contributed by atoms with Gasteiger partial charge in [-0.1, -0.05) is 18.2 Å². The van der Waals surface area contributed by atoms with E-state index in [0.717, 1.165) is 24.3 Å². The molecule has 136 valence electrons. The summed E-state index contributed by atoms with van der Waals surface area (Å²) in [5.41, 5.74) is -0.400. The summed E-state index contributed by atoms with van der Waals surface area (Å²) in [4.78, 5) is 0. The summed E-state index contributed by atoms with van der Waals surface area (Å²) in [5.74, 6) is -1.78. The zero-order valence-corrected chi connectivity index (χ0v) is 12.8. The van der Waals surface area contributed by atoms with Crippen LogP contribution < -0.4 is 9.47 Å². The number of hydrogen-bond donors (Lipinski definition) is 0. The van der Waals surface area contributed by atoms with E-state index in [1.54, 1.807) is 6.07 Å². The molecule has 2 aromatic rings. The molecule has 0 fully saturated rings. The highest BCUT2D eigenvalue weighted by atomic mass is 19.4. The normalized spacial score (nSPS) is 12.1. The molecule has 0 spiro atoms. The Bertz CT molecular complexity index is 685. The van der Waals surface area contributed by atoms with Gasteiger partial charge in [0.25, 0.3) is 0 Å². The standard InChI is InChI=1S/C17H14F6O2/c18-14-11-13(25-17(22,23)12-5-2-1-3-6-12)7-8-15(14)24-10-4-9-16(19,20)21/h1-3,5-8,11H,4,9-10H2. The van der Waals surface area contributed by atoms with Gasteiger partial charge in [0.1, 0.15) is 5.75 Å². The highest BCUT2D eigenvalue weighted by Gasteiger charge is 2.34. The Morgan fingerprint density at radius 1 is 0.880 bits per heavy atom. The maximum Gasteiger partial charge on any atom is 0.426 e. The molecule has 2 aromatic carbocycles. The molecule has 0 aliphatic heterocycles. The van der Waals surface area contributed by atoms with Gasteiger partial charge in [0, 0.05) is 12.5 Å². The van der Waals surface area contributed by atoms with Crippen LogP contribution >= 0.6 is 0 Å². The lowest BCUT2D eigenvalue weighted by atomic mass is 10.2. The summed E-state index contributed by atoms with van der Waals surface area (Å²) in [6.45, 7) is -0.350. The number of hydrogen-bond acceptors (Lipinski definition) is 2. The molecule has 0 amide bonds. The van der Waals surface area contributed by atoms with E-state index < -0.39 is 35.8 Å². The van der Waals surface area contributed by atoms with Gasteiger partial charge in [0.2, 0.25) is 0 Å². The van der Waals surface area contributed by atoms with Crippen molar-refractivity contribution < 1.29 is 35.8 Å². The molecule has 0 aliphatic rings. The topological polar surface area (TPSA) is 18.5 Å². The van der Waals surface area contributed by atoms with Crippen LogP contribution in [0.5, 0.6) is 11.5 Å². The quantitative estimate of drug-likeness (QED) is 0.465. The maximum absolute atomic E-state index is 14.0. The van der Waals surface area contributed by atoms with Crippen LogP contribution in [0.3, 0.4) is 0 Å². The van der Waals surface area contributed by atoms with Gasteiger partial charge in [-0.3, -0.25) is 0 Å². The van der Waals surface area contributed by atoms with E-state index >= 15 is 0 Å². The van der Waals surface area contributed by atoms with Crippen LogP contribution in [0.2, 0.25) is 0 Å². The third-order valence-electron chi connectivity index (χ3n) is 3.12. The Balaban J connectivity index is 1.97. The fourth-order valence-corrected chi connectivity index (χ4v) is 1.96. The number of alkyl halides is 5. The van der Waals surface area contributed by atoms with Crippen LogP contribution in [0.25, 0.3) is 0 Å². The molecule has 0 atom stereocenters. The van der Waals surface area contributed by atoms with Crippen molar-refractivity contribution in [3.8, 4) is 11.5 Å². The fraction of sp³-hybridized carbons (Fsp3) is 0.294.